The number of nitrogens with zero attached hydrogens (tertiary/aromatic N) is 5. The first kappa shape index (κ1) is 16.8. The number of benzene rings is 1. The minimum absolute atomic E-state index is 0.117. The molecule has 1 aliphatic heterocycles. The maximum atomic E-state index is 6.03. The third-order valence-electron chi connectivity index (χ3n) is 4.43. The van der Waals surface area contributed by atoms with Gasteiger partial charge in [-0.15, -0.1) is 10.2 Å². The van der Waals surface area contributed by atoms with E-state index in [-0.39, 0.29) is 6.10 Å². The van der Waals surface area contributed by atoms with E-state index in [0.29, 0.717) is 5.02 Å². The highest BCUT2D eigenvalue weighted by Gasteiger charge is 2.25. The van der Waals surface area contributed by atoms with Crippen LogP contribution < -0.4 is 9.64 Å². The van der Waals surface area contributed by atoms with Crippen molar-refractivity contribution in [1.29, 1.82) is 0 Å². The fraction of sp³-hybridized carbons (Fsp3) is 0.316. The van der Waals surface area contributed by atoms with Crippen LogP contribution in [0.4, 0.5) is 5.82 Å². The second kappa shape index (κ2) is 6.96. The molecule has 0 amide bonds. The highest BCUT2D eigenvalue weighted by molar-refractivity contribution is 6.30. The Bertz CT molecular complexity index is 909. The van der Waals surface area contributed by atoms with Gasteiger partial charge in [-0.2, -0.15) is 5.10 Å². The van der Waals surface area contributed by atoms with Gasteiger partial charge < -0.3 is 9.64 Å². The molecule has 26 heavy (non-hydrogen) atoms. The number of halogens is 1. The Labute approximate surface area is 157 Å². The van der Waals surface area contributed by atoms with Crippen molar-refractivity contribution in [2.75, 3.05) is 18.0 Å². The molecule has 1 atom stereocenters. The van der Waals surface area contributed by atoms with Gasteiger partial charge >= 0.3 is 0 Å². The molecule has 0 aliphatic carbocycles. The molecule has 1 aromatic carbocycles. The first-order chi connectivity index (χ1) is 12.6. The monoisotopic (exact) mass is 369 g/mol. The number of anilines is 1. The highest BCUT2D eigenvalue weighted by atomic mass is 35.5. The zero-order chi connectivity index (χ0) is 18.1. The van der Waals surface area contributed by atoms with Gasteiger partial charge in [0.15, 0.2) is 11.6 Å². The zero-order valence-electron chi connectivity index (χ0n) is 14.8. The molecule has 0 spiro atoms. The predicted molar refractivity (Wildman–Crippen MR) is 101 cm³/mol. The summed E-state index contributed by atoms with van der Waals surface area (Å²) in [4.78, 5) is 2.19. The van der Waals surface area contributed by atoms with Gasteiger partial charge in [0.1, 0.15) is 11.9 Å². The van der Waals surface area contributed by atoms with E-state index in [2.05, 4.69) is 20.2 Å². The third kappa shape index (κ3) is 3.51. The fourth-order valence-corrected chi connectivity index (χ4v) is 3.41. The molecule has 1 unspecified atom stereocenters. The lowest BCUT2D eigenvalue weighted by Gasteiger charge is -2.18. The topological polar surface area (TPSA) is 56.1 Å². The summed E-state index contributed by atoms with van der Waals surface area (Å²) in [7, 11) is 0. The lowest BCUT2D eigenvalue weighted by molar-refractivity contribution is 0.225. The van der Waals surface area contributed by atoms with E-state index in [9.17, 15) is 0 Å². The molecular weight excluding hydrogens is 350 g/mol. The average molecular weight is 370 g/mol. The van der Waals surface area contributed by atoms with Crippen LogP contribution >= 0.6 is 11.6 Å². The van der Waals surface area contributed by atoms with Crippen molar-refractivity contribution in [3.8, 4) is 11.6 Å². The molecular formula is C19H20ClN5O. The van der Waals surface area contributed by atoms with Crippen LogP contribution in [0, 0.1) is 13.8 Å². The first-order valence-electron chi connectivity index (χ1n) is 8.63. The molecule has 7 heteroatoms. The Balaban J connectivity index is 1.43. The summed E-state index contributed by atoms with van der Waals surface area (Å²) < 4.78 is 7.84. The maximum absolute atomic E-state index is 6.03. The second-order valence-corrected chi connectivity index (χ2v) is 6.96. The Morgan fingerprint density at radius 3 is 2.58 bits per heavy atom. The molecule has 2 aromatic heterocycles. The van der Waals surface area contributed by atoms with Crippen LogP contribution in [0.5, 0.6) is 5.75 Å². The molecule has 0 N–H and O–H groups in total. The number of hydrogen-bond donors (Lipinski definition) is 0. The van der Waals surface area contributed by atoms with Crippen LogP contribution in [0.2, 0.25) is 5.02 Å². The summed E-state index contributed by atoms with van der Waals surface area (Å²) in [6, 6.07) is 13.5. The SMILES string of the molecule is Cc1cc(C)n(-c2ccc(N3CCC(Oc4cccc(Cl)c4)C3)nn2)n1. The largest absolute Gasteiger partial charge is 0.488 e. The molecule has 6 nitrogen and oxygen atoms in total. The molecule has 3 heterocycles. The minimum atomic E-state index is 0.117. The van der Waals surface area contributed by atoms with E-state index in [4.69, 9.17) is 16.3 Å². The fourth-order valence-electron chi connectivity index (χ4n) is 3.23. The maximum Gasteiger partial charge on any atom is 0.176 e. The summed E-state index contributed by atoms with van der Waals surface area (Å²) in [6.45, 7) is 5.64. The van der Waals surface area contributed by atoms with Gasteiger partial charge in [0.25, 0.3) is 0 Å². The van der Waals surface area contributed by atoms with E-state index in [1.54, 1.807) is 4.68 Å². The standard InChI is InChI=1S/C19H20ClN5O/c1-13-10-14(2)25(23-13)19-7-6-18(21-22-19)24-9-8-17(12-24)26-16-5-3-4-15(20)11-16/h3-7,10-11,17H,8-9,12H2,1-2H3. The van der Waals surface area contributed by atoms with E-state index in [1.165, 1.54) is 0 Å². The molecule has 0 bridgehead atoms. The lowest BCUT2D eigenvalue weighted by atomic mass is 10.3. The van der Waals surface area contributed by atoms with Crippen molar-refractivity contribution >= 4 is 17.4 Å². The molecule has 1 fully saturated rings. The Hall–Kier alpha value is -2.60. The molecule has 3 aromatic rings. The number of aromatic nitrogens is 4. The van der Waals surface area contributed by atoms with Gasteiger partial charge in [0, 0.05) is 23.7 Å². The van der Waals surface area contributed by atoms with Gasteiger partial charge in [-0.1, -0.05) is 17.7 Å². The zero-order valence-corrected chi connectivity index (χ0v) is 15.5. The summed E-state index contributed by atoms with van der Waals surface area (Å²) in [5, 5.41) is 13.8. The summed E-state index contributed by atoms with van der Waals surface area (Å²) in [5.41, 5.74) is 2.01. The first-order valence-corrected chi connectivity index (χ1v) is 9.01. The molecule has 1 aliphatic rings. The number of hydrogen-bond acceptors (Lipinski definition) is 5. The Kier molecular flexibility index (Phi) is 4.51. The normalized spacial score (nSPS) is 16.9. The number of rotatable bonds is 4. The smallest absolute Gasteiger partial charge is 0.176 e. The molecule has 1 saturated heterocycles. The van der Waals surface area contributed by atoms with E-state index >= 15 is 0 Å². The molecule has 4 rings (SSSR count). The van der Waals surface area contributed by atoms with Crippen LogP contribution in [-0.2, 0) is 0 Å². The Morgan fingerprint density at radius 1 is 1.08 bits per heavy atom. The quantitative estimate of drug-likeness (QED) is 0.703. The van der Waals surface area contributed by atoms with Crippen molar-refractivity contribution in [2.24, 2.45) is 0 Å². The molecule has 134 valence electrons. The molecule has 0 saturated carbocycles. The third-order valence-corrected chi connectivity index (χ3v) is 4.67. The van der Waals surface area contributed by atoms with Crippen molar-refractivity contribution in [3.63, 3.8) is 0 Å². The number of ether oxygens (including phenoxy) is 1. The second-order valence-electron chi connectivity index (χ2n) is 6.52. The number of aryl methyl sites for hydroxylation is 2. The van der Waals surface area contributed by atoms with Gasteiger partial charge in [-0.05, 0) is 50.2 Å². The Morgan fingerprint density at radius 2 is 1.88 bits per heavy atom. The van der Waals surface area contributed by atoms with Gasteiger partial charge in [0.05, 0.1) is 12.2 Å². The van der Waals surface area contributed by atoms with Gasteiger partial charge in [-0.3, -0.25) is 0 Å². The predicted octanol–water partition coefficient (Wildman–Crippen LogP) is 3.59. The summed E-state index contributed by atoms with van der Waals surface area (Å²) >= 11 is 6.02. The van der Waals surface area contributed by atoms with E-state index < -0.39 is 0 Å². The lowest BCUT2D eigenvalue weighted by Crippen LogP contribution is -2.25. The van der Waals surface area contributed by atoms with Gasteiger partial charge in [0.2, 0.25) is 0 Å². The van der Waals surface area contributed by atoms with E-state index in [0.717, 1.165) is 48.3 Å². The van der Waals surface area contributed by atoms with Crippen LogP contribution in [0.3, 0.4) is 0 Å². The van der Waals surface area contributed by atoms with E-state index in [1.807, 2.05) is 56.3 Å². The van der Waals surface area contributed by atoms with Crippen molar-refractivity contribution in [3.05, 3.63) is 58.9 Å². The van der Waals surface area contributed by atoms with Crippen LogP contribution in [0.1, 0.15) is 17.8 Å². The highest BCUT2D eigenvalue weighted by Crippen LogP contribution is 2.24. The molecule has 0 radical (unpaired) electrons. The average Bonchev–Trinajstić information content (AvgIpc) is 3.21. The van der Waals surface area contributed by atoms with Crippen molar-refractivity contribution in [1.82, 2.24) is 20.0 Å². The van der Waals surface area contributed by atoms with Gasteiger partial charge in [-0.25, -0.2) is 4.68 Å². The van der Waals surface area contributed by atoms with Crippen LogP contribution in [0.15, 0.2) is 42.5 Å². The van der Waals surface area contributed by atoms with Crippen molar-refractivity contribution < 1.29 is 4.74 Å². The minimum Gasteiger partial charge on any atom is -0.488 e. The van der Waals surface area contributed by atoms with Crippen LogP contribution in [-0.4, -0.2) is 39.2 Å². The summed E-state index contributed by atoms with van der Waals surface area (Å²) in [5.74, 6) is 2.38. The summed E-state index contributed by atoms with van der Waals surface area (Å²) in [6.07, 6.45) is 1.05. The van der Waals surface area contributed by atoms with Crippen molar-refractivity contribution in [2.45, 2.75) is 26.4 Å². The van der Waals surface area contributed by atoms with Crippen LogP contribution in [0.25, 0.3) is 5.82 Å².